The fourth-order valence-corrected chi connectivity index (χ4v) is 3.13. The molecule has 0 heterocycles. The van der Waals surface area contributed by atoms with Gasteiger partial charge in [-0.2, -0.15) is 0 Å². The van der Waals surface area contributed by atoms with E-state index in [4.69, 9.17) is 11.6 Å². The van der Waals surface area contributed by atoms with Crippen LogP contribution in [0.2, 0.25) is 5.02 Å². The van der Waals surface area contributed by atoms with E-state index in [1.165, 1.54) is 24.3 Å². The fraction of sp³-hybridized carbons (Fsp3) is 0.0769. The van der Waals surface area contributed by atoms with Gasteiger partial charge >= 0.3 is 0 Å². The smallest absolute Gasteiger partial charge is 0.261 e. The maximum atomic E-state index is 13.6. The van der Waals surface area contributed by atoms with E-state index in [-0.39, 0.29) is 15.6 Å². The summed E-state index contributed by atoms with van der Waals surface area (Å²) in [4.78, 5) is 0.0663. The molecular formula is C13H10BrClFNO2S. The number of alkyl halides is 1. The van der Waals surface area contributed by atoms with Crippen molar-refractivity contribution in [1.82, 2.24) is 0 Å². The number of halogens is 3. The number of benzene rings is 2. The molecule has 20 heavy (non-hydrogen) atoms. The molecule has 0 aromatic heterocycles. The number of sulfonamides is 1. The van der Waals surface area contributed by atoms with Crippen molar-refractivity contribution in [2.75, 3.05) is 4.72 Å². The molecule has 0 spiro atoms. The predicted molar refractivity (Wildman–Crippen MR) is 81.3 cm³/mol. The van der Waals surface area contributed by atoms with Crippen molar-refractivity contribution in [2.24, 2.45) is 0 Å². The summed E-state index contributed by atoms with van der Waals surface area (Å²) in [6.45, 7) is 0. The summed E-state index contributed by atoms with van der Waals surface area (Å²) in [5, 5.41) is 0.833. The molecule has 0 saturated carbocycles. The molecule has 0 atom stereocenters. The van der Waals surface area contributed by atoms with Gasteiger partial charge in [-0.25, -0.2) is 12.8 Å². The maximum absolute atomic E-state index is 13.6. The van der Waals surface area contributed by atoms with Crippen molar-refractivity contribution in [3.63, 3.8) is 0 Å². The SMILES string of the molecule is O=S(=O)(Nc1ccc(Cl)cc1F)c1ccc(CBr)cc1. The molecule has 7 heteroatoms. The molecule has 2 aromatic carbocycles. The van der Waals surface area contributed by atoms with Crippen LogP contribution in [-0.4, -0.2) is 8.42 Å². The third-order valence-corrected chi connectivity index (χ3v) is 4.83. The van der Waals surface area contributed by atoms with Gasteiger partial charge in [-0.1, -0.05) is 39.7 Å². The van der Waals surface area contributed by atoms with Crippen LogP contribution in [0.3, 0.4) is 0 Å². The van der Waals surface area contributed by atoms with Crippen molar-refractivity contribution >= 4 is 43.2 Å². The monoisotopic (exact) mass is 377 g/mol. The molecule has 0 unspecified atom stereocenters. The van der Waals surface area contributed by atoms with Gasteiger partial charge in [-0.3, -0.25) is 4.72 Å². The van der Waals surface area contributed by atoms with E-state index < -0.39 is 15.8 Å². The molecule has 0 saturated heterocycles. The van der Waals surface area contributed by atoms with E-state index in [0.717, 1.165) is 11.6 Å². The minimum Gasteiger partial charge on any atom is -0.277 e. The zero-order valence-electron chi connectivity index (χ0n) is 10.1. The zero-order valence-corrected chi connectivity index (χ0v) is 13.3. The number of hydrogen-bond donors (Lipinski definition) is 1. The summed E-state index contributed by atoms with van der Waals surface area (Å²) >= 11 is 8.89. The molecule has 2 rings (SSSR count). The Kier molecular flexibility index (Phi) is 4.67. The Labute approximate surface area is 130 Å². The van der Waals surface area contributed by atoms with Crippen LogP contribution < -0.4 is 4.72 Å². The minimum absolute atomic E-state index is 0.0663. The Morgan fingerprint density at radius 3 is 2.35 bits per heavy atom. The maximum Gasteiger partial charge on any atom is 0.261 e. The second kappa shape index (κ2) is 6.11. The molecule has 0 aliphatic rings. The van der Waals surface area contributed by atoms with Gasteiger partial charge in [-0.15, -0.1) is 0 Å². The van der Waals surface area contributed by atoms with Gasteiger partial charge in [0.05, 0.1) is 10.6 Å². The second-order valence-electron chi connectivity index (χ2n) is 4.01. The number of rotatable bonds is 4. The van der Waals surface area contributed by atoms with Crippen molar-refractivity contribution in [1.29, 1.82) is 0 Å². The van der Waals surface area contributed by atoms with Crippen molar-refractivity contribution in [2.45, 2.75) is 10.2 Å². The van der Waals surface area contributed by atoms with E-state index in [2.05, 4.69) is 20.7 Å². The number of anilines is 1. The molecule has 0 aliphatic heterocycles. The highest BCUT2D eigenvalue weighted by atomic mass is 79.9. The molecule has 0 bridgehead atoms. The van der Waals surface area contributed by atoms with Gasteiger partial charge in [-0.05, 0) is 35.9 Å². The summed E-state index contributed by atoms with van der Waals surface area (Å²) in [7, 11) is -3.82. The topological polar surface area (TPSA) is 46.2 Å². The number of hydrogen-bond acceptors (Lipinski definition) is 2. The minimum atomic E-state index is -3.82. The summed E-state index contributed by atoms with van der Waals surface area (Å²) in [5.41, 5.74) is 0.806. The van der Waals surface area contributed by atoms with Crippen LogP contribution in [0.15, 0.2) is 47.4 Å². The first kappa shape index (κ1) is 15.3. The lowest BCUT2D eigenvalue weighted by atomic mass is 10.2. The van der Waals surface area contributed by atoms with Gasteiger partial charge in [0.25, 0.3) is 10.0 Å². The van der Waals surface area contributed by atoms with E-state index in [9.17, 15) is 12.8 Å². The van der Waals surface area contributed by atoms with Crippen LogP contribution in [0.5, 0.6) is 0 Å². The van der Waals surface area contributed by atoms with Crippen LogP contribution in [0.4, 0.5) is 10.1 Å². The van der Waals surface area contributed by atoms with Gasteiger partial charge < -0.3 is 0 Å². The Morgan fingerprint density at radius 2 is 1.80 bits per heavy atom. The molecule has 2 aromatic rings. The van der Waals surface area contributed by atoms with Gasteiger partial charge in [0.15, 0.2) is 0 Å². The standard InChI is InChI=1S/C13H10BrClFNO2S/c14-8-9-1-4-11(5-2-9)20(18,19)17-13-6-3-10(15)7-12(13)16/h1-7,17H,8H2. The third-order valence-electron chi connectivity index (χ3n) is 2.56. The first-order chi connectivity index (χ1) is 9.42. The van der Waals surface area contributed by atoms with E-state index in [1.54, 1.807) is 12.1 Å². The van der Waals surface area contributed by atoms with Gasteiger partial charge in [0.1, 0.15) is 5.82 Å². The van der Waals surface area contributed by atoms with Crippen LogP contribution >= 0.6 is 27.5 Å². The largest absolute Gasteiger partial charge is 0.277 e. The first-order valence-corrected chi connectivity index (χ1v) is 8.53. The number of nitrogens with one attached hydrogen (secondary N) is 1. The molecule has 0 radical (unpaired) electrons. The van der Waals surface area contributed by atoms with E-state index >= 15 is 0 Å². The highest BCUT2D eigenvalue weighted by molar-refractivity contribution is 9.08. The highest BCUT2D eigenvalue weighted by Crippen LogP contribution is 2.22. The van der Waals surface area contributed by atoms with Crippen LogP contribution in [0.1, 0.15) is 5.56 Å². The predicted octanol–water partition coefficient (Wildman–Crippen LogP) is 4.17. The van der Waals surface area contributed by atoms with E-state index in [1.807, 2.05) is 0 Å². The zero-order chi connectivity index (χ0) is 14.8. The van der Waals surface area contributed by atoms with Gasteiger partial charge in [0, 0.05) is 10.4 Å². The highest BCUT2D eigenvalue weighted by Gasteiger charge is 2.16. The summed E-state index contributed by atoms with van der Waals surface area (Å²) in [5.74, 6) is -0.724. The molecule has 0 fully saturated rings. The van der Waals surface area contributed by atoms with Crippen LogP contribution in [0.25, 0.3) is 0 Å². The average Bonchev–Trinajstić information content (AvgIpc) is 2.42. The average molecular weight is 379 g/mol. The summed E-state index contributed by atoms with van der Waals surface area (Å²) in [6, 6.07) is 10.0. The van der Waals surface area contributed by atoms with Crippen LogP contribution in [0, 0.1) is 5.82 Å². The van der Waals surface area contributed by atoms with Crippen LogP contribution in [-0.2, 0) is 15.4 Å². The Hall–Kier alpha value is -1.11. The summed E-state index contributed by atoms with van der Waals surface area (Å²) < 4.78 is 40.0. The quantitative estimate of drug-likeness (QED) is 0.812. The first-order valence-electron chi connectivity index (χ1n) is 5.55. The molecular weight excluding hydrogens is 369 g/mol. The van der Waals surface area contributed by atoms with Crippen molar-refractivity contribution in [3.05, 3.63) is 58.9 Å². The normalized spacial score (nSPS) is 11.3. The molecule has 1 N–H and O–H groups in total. The third kappa shape index (κ3) is 3.50. The van der Waals surface area contributed by atoms with Crippen molar-refractivity contribution < 1.29 is 12.8 Å². The van der Waals surface area contributed by atoms with Gasteiger partial charge in [0.2, 0.25) is 0 Å². The lowest BCUT2D eigenvalue weighted by Crippen LogP contribution is -2.13. The van der Waals surface area contributed by atoms with E-state index in [0.29, 0.717) is 5.33 Å². The lowest BCUT2D eigenvalue weighted by molar-refractivity contribution is 0.598. The molecule has 0 aliphatic carbocycles. The molecule has 106 valence electrons. The lowest BCUT2D eigenvalue weighted by Gasteiger charge is -2.09. The Morgan fingerprint density at radius 1 is 1.15 bits per heavy atom. The summed E-state index contributed by atoms with van der Waals surface area (Å²) in [6.07, 6.45) is 0. The second-order valence-corrected chi connectivity index (χ2v) is 6.69. The fourth-order valence-electron chi connectivity index (χ4n) is 1.53. The molecule has 0 amide bonds. The Bertz CT molecular complexity index is 720. The molecule has 3 nitrogen and oxygen atoms in total. The van der Waals surface area contributed by atoms with Crippen molar-refractivity contribution in [3.8, 4) is 0 Å². The Balaban J connectivity index is 2.30.